The first-order valence-corrected chi connectivity index (χ1v) is 10.9. The predicted molar refractivity (Wildman–Crippen MR) is 108 cm³/mol. The first-order chi connectivity index (χ1) is 13.6. The van der Waals surface area contributed by atoms with Crippen LogP contribution in [-0.4, -0.2) is 89.3 Å². The quantitative estimate of drug-likeness (QED) is 0.847. The normalized spacial score (nSPS) is 25.9. The van der Waals surface area contributed by atoms with Crippen molar-refractivity contribution in [1.82, 2.24) is 24.9 Å². The van der Waals surface area contributed by atoms with Crippen molar-refractivity contribution in [2.24, 2.45) is 5.92 Å². The molecular formula is C21H35N5O2. The fourth-order valence-electron chi connectivity index (χ4n) is 5.05. The number of nitrogens with zero attached hydrogens (tertiary/aromatic N) is 4. The molecule has 1 amide bonds. The Labute approximate surface area is 168 Å². The van der Waals surface area contributed by atoms with Crippen molar-refractivity contribution in [3.05, 3.63) is 17.0 Å². The Hall–Kier alpha value is -1.44. The van der Waals surface area contributed by atoms with Crippen molar-refractivity contribution in [3.8, 4) is 0 Å². The summed E-state index contributed by atoms with van der Waals surface area (Å²) in [4.78, 5) is 20.1. The van der Waals surface area contributed by atoms with Crippen LogP contribution < -0.4 is 0 Å². The molecule has 0 spiro atoms. The lowest BCUT2D eigenvalue weighted by molar-refractivity contribution is -0.142. The third-order valence-corrected chi connectivity index (χ3v) is 6.86. The summed E-state index contributed by atoms with van der Waals surface area (Å²) in [5, 5.41) is 7.43. The van der Waals surface area contributed by atoms with E-state index in [4.69, 9.17) is 4.74 Å². The Bertz CT molecular complexity index is 642. The van der Waals surface area contributed by atoms with Crippen LogP contribution in [0.15, 0.2) is 0 Å². The zero-order chi connectivity index (χ0) is 19.5. The van der Waals surface area contributed by atoms with Crippen LogP contribution >= 0.6 is 0 Å². The van der Waals surface area contributed by atoms with Gasteiger partial charge in [-0.2, -0.15) is 5.10 Å². The van der Waals surface area contributed by atoms with Crippen LogP contribution in [0, 0.1) is 19.8 Å². The van der Waals surface area contributed by atoms with Gasteiger partial charge in [-0.15, -0.1) is 0 Å². The average molecular weight is 390 g/mol. The van der Waals surface area contributed by atoms with Gasteiger partial charge in [-0.05, 0) is 59.2 Å². The van der Waals surface area contributed by atoms with Crippen LogP contribution in [0.3, 0.4) is 0 Å². The fourth-order valence-corrected chi connectivity index (χ4v) is 5.05. The molecule has 1 unspecified atom stereocenters. The Morgan fingerprint density at radius 3 is 2.54 bits per heavy atom. The first-order valence-electron chi connectivity index (χ1n) is 10.9. The number of amides is 1. The van der Waals surface area contributed by atoms with Gasteiger partial charge in [-0.25, -0.2) is 0 Å². The Kier molecular flexibility index (Phi) is 6.33. The van der Waals surface area contributed by atoms with E-state index >= 15 is 0 Å². The largest absolute Gasteiger partial charge is 0.378 e. The van der Waals surface area contributed by atoms with E-state index in [0.29, 0.717) is 25.2 Å². The molecular weight excluding hydrogens is 354 g/mol. The summed E-state index contributed by atoms with van der Waals surface area (Å²) in [6.07, 6.45) is 4.60. The zero-order valence-electron chi connectivity index (χ0n) is 17.5. The van der Waals surface area contributed by atoms with Crippen molar-refractivity contribution >= 4 is 5.91 Å². The van der Waals surface area contributed by atoms with E-state index in [-0.39, 0.29) is 5.92 Å². The number of hydrogen-bond donors (Lipinski definition) is 1. The number of likely N-dealkylation sites (tertiary alicyclic amines) is 2. The summed E-state index contributed by atoms with van der Waals surface area (Å²) in [6, 6.07) is 0.628. The van der Waals surface area contributed by atoms with Crippen molar-refractivity contribution in [2.45, 2.75) is 52.1 Å². The van der Waals surface area contributed by atoms with Gasteiger partial charge in [0.25, 0.3) is 0 Å². The zero-order valence-corrected chi connectivity index (χ0v) is 17.5. The summed E-state index contributed by atoms with van der Waals surface area (Å²) < 4.78 is 5.40. The number of carbonyl (C=O) groups is 1. The highest BCUT2D eigenvalue weighted by Gasteiger charge is 2.34. The molecule has 156 valence electrons. The highest BCUT2D eigenvalue weighted by molar-refractivity contribution is 5.79. The average Bonchev–Trinajstić information content (AvgIpc) is 3.06. The maximum atomic E-state index is 12.9. The van der Waals surface area contributed by atoms with Gasteiger partial charge in [-0.1, -0.05) is 0 Å². The summed E-state index contributed by atoms with van der Waals surface area (Å²) >= 11 is 0. The maximum absolute atomic E-state index is 12.9. The van der Waals surface area contributed by atoms with Crippen LogP contribution in [0.25, 0.3) is 0 Å². The van der Waals surface area contributed by atoms with E-state index in [9.17, 15) is 4.79 Å². The minimum atomic E-state index is 0.182. The van der Waals surface area contributed by atoms with Crippen LogP contribution in [-0.2, 0) is 16.1 Å². The number of morpholine rings is 1. The third kappa shape index (κ3) is 4.42. The molecule has 4 rings (SSSR count). The van der Waals surface area contributed by atoms with Crippen LogP contribution in [0.4, 0.5) is 0 Å². The molecule has 3 saturated heterocycles. The van der Waals surface area contributed by atoms with Gasteiger partial charge in [-0.3, -0.25) is 19.7 Å². The molecule has 0 saturated carbocycles. The van der Waals surface area contributed by atoms with E-state index < -0.39 is 0 Å². The first kappa shape index (κ1) is 19.9. The van der Waals surface area contributed by atoms with E-state index in [0.717, 1.165) is 64.3 Å². The van der Waals surface area contributed by atoms with Gasteiger partial charge in [0.15, 0.2) is 0 Å². The van der Waals surface area contributed by atoms with Gasteiger partial charge >= 0.3 is 0 Å². The minimum Gasteiger partial charge on any atom is -0.378 e. The summed E-state index contributed by atoms with van der Waals surface area (Å²) in [5.74, 6) is 0.539. The highest BCUT2D eigenvalue weighted by atomic mass is 16.5. The number of ether oxygens (including phenoxy) is 1. The van der Waals surface area contributed by atoms with Crippen LogP contribution in [0.1, 0.15) is 42.6 Å². The van der Waals surface area contributed by atoms with E-state index in [1.54, 1.807) is 0 Å². The topological polar surface area (TPSA) is 64.7 Å². The van der Waals surface area contributed by atoms with Crippen molar-refractivity contribution in [1.29, 1.82) is 0 Å². The van der Waals surface area contributed by atoms with E-state index in [2.05, 4.69) is 33.8 Å². The number of aromatic amines is 1. The summed E-state index contributed by atoms with van der Waals surface area (Å²) in [5.41, 5.74) is 3.67. The Balaban J connectivity index is 1.27. The lowest BCUT2D eigenvalue weighted by Crippen LogP contribution is -2.52. The fraction of sp³-hybridized carbons (Fsp3) is 0.810. The Morgan fingerprint density at radius 1 is 1.11 bits per heavy atom. The van der Waals surface area contributed by atoms with Crippen molar-refractivity contribution in [2.75, 3.05) is 52.5 Å². The molecule has 4 heterocycles. The second kappa shape index (κ2) is 8.93. The molecule has 0 aliphatic carbocycles. The van der Waals surface area contributed by atoms with Crippen LogP contribution in [0.2, 0.25) is 0 Å². The highest BCUT2D eigenvalue weighted by Crippen LogP contribution is 2.26. The smallest absolute Gasteiger partial charge is 0.227 e. The Morgan fingerprint density at radius 2 is 1.86 bits per heavy atom. The van der Waals surface area contributed by atoms with E-state index in [1.165, 1.54) is 24.1 Å². The molecule has 1 aromatic rings. The molecule has 1 N–H and O–H groups in total. The molecule has 7 heteroatoms. The number of H-pyrrole nitrogens is 1. The summed E-state index contributed by atoms with van der Waals surface area (Å²) in [7, 11) is 0. The van der Waals surface area contributed by atoms with Gasteiger partial charge in [0.2, 0.25) is 5.91 Å². The molecule has 3 fully saturated rings. The number of hydrogen-bond acceptors (Lipinski definition) is 5. The van der Waals surface area contributed by atoms with Gasteiger partial charge in [0.05, 0.1) is 24.8 Å². The van der Waals surface area contributed by atoms with Gasteiger partial charge in [0.1, 0.15) is 0 Å². The molecule has 0 aromatic carbocycles. The molecule has 1 atom stereocenters. The molecule has 7 nitrogen and oxygen atoms in total. The summed E-state index contributed by atoms with van der Waals surface area (Å²) in [6.45, 7) is 12.5. The standard InChI is InChI=1S/C21H35N5O2/c1-16-20(17(2)23-22-16)15-24-8-5-19(6-9-24)26-7-3-4-18(14-26)21(27)25-10-12-28-13-11-25/h18-19H,3-15H2,1-2H3,(H,22,23). The van der Waals surface area contributed by atoms with Gasteiger partial charge in [0, 0.05) is 43.5 Å². The maximum Gasteiger partial charge on any atom is 0.227 e. The number of piperidine rings is 2. The molecule has 3 aliphatic rings. The molecule has 28 heavy (non-hydrogen) atoms. The molecule has 1 aromatic heterocycles. The number of aryl methyl sites for hydroxylation is 2. The second-order valence-electron chi connectivity index (χ2n) is 8.69. The third-order valence-electron chi connectivity index (χ3n) is 6.86. The lowest BCUT2D eigenvalue weighted by Gasteiger charge is -2.43. The number of rotatable bonds is 4. The van der Waals surface area contributed by atoms with Crippen molar-refractivity contribution < 1.29 is 9.53 Å². The molecule has 0 radical (unpaired) electrons. The minimum absolute atomic E-state index is 0.182. The monoisotopic (exact) mass is 389 g/mol. The number of aromatic nitrogens is 2. The van der Waals surface area contributed by atoms with Crippen molar-refractivity contribution in [3.63, 3.8) is 0 Å². The lowest BCUT2D eigenvalue weighted by atomic mass is 9.92. The SMILES string of the molecule is Cc1n[nH]c(C)c1CN1CCC(N2CCCC(C(=O)N3CCOCC3)C2)CC1. The molecule has 3 aliphatic heterocycles. The predicted octanol–water partition coefficient (Wildman–Crippen LogP) is 1.56. The van der Waals surface area contributed by atoms with Crippen LogP contribution in [0.5, 0.6) is 0 Å². The number of nitrogens with one attached hydrogen (secondary N) is 1. The number of carbonyl (C=O) groups excluding carboxylic acids is 1. The van der Waals surface area contributed by atoms with Gasteiger partial charge < -0.3 is 9.64 Å². The van der Waals surface area contributed by atoms with E-state index in [1.807, 2.05) is 4.90 Å². The molecule has 0 bridgehead atoms. The second-order valence-corrected chi connectivity index (χ2v) is 8.69.